The summed E-state index contributed by atoms with van der Waals surface area (Å²) in [5.74, 6) is 1.70. The van der Waals surface area contributed by atoms with Crippen LogP contribution in [0.2, 0.25) is 0 Å². The zero-order valence-electron chi connectivity index (χ0n) is 23.1. The van der Waals surface area contributed by atoms with E-state index < -0.39 is 6.10 Å². The number of aromatic amines is 1. The molecule has 4 N–H and O–H groups in total. The van der Waals surface area contributed by atoms with Gasteiger partial charge in [0.25, 0.3) is 0 Å². The molecule has 0 radical (unpaired) electrons. The Hall–Kier alpha value is -3.87. The standard InChI is InChI=1S/C30H37N3O8/c1-37-26-13-6-7-14-27(26)38-19-17-31-20-22(41-29(34)16-3-2-8-18-40-33(35)36)21-39-28-15-9-12-25-30(28)23-10-4-5-11-24(23)32-25/h4-7,9-15,22,31-32,35-36H,2-3,8,16-21H2,1H3. The van der Waals surface area contributed by atoms with Crippen molar-refractivity contribution in [3.63, 3.8) is 0 Å². The van der Waals surface area contributed by atoms with Gasteiger partial charge in [0.15, 0.2) is 11.5 Å². The molecule has 41 heavy (non-hydrogen) atoms. The summed E-state index contributed by atoms with van der Waals surface area (Å²) < 4.78 is 23.2. The molecule has 4 rings (SSSR count). The third-order valence-corrected chi connectivity index (χ3v) is 6.42. The summed E-state index contributed by atoms with van der Waals surface area (Å²) >= 11 is 0. The van der Waals surface area contributed by atoms with Crippen molar-refractivity contribution in [2.45, 2.75) is 31.8 Å². The Kier molecular flexibility index (Phi) is 11.6. The average Bonchev–Trinajstić information content (AvgIpc) is 3.36. The number of nitrogens with zero attached hydrogens (tertiary/aromatic N) is 1. The first kappa shape index (κ1) is 30.1. The van der Waals surface area contributed by atoms with Crippen LogP contribution in [0.1, 0.15) is 25.7 Å². The van der Waals surface area contributed by atoms with Gasteiger partial charge in [-0.05, 0) is 43.2 Å². The van der Waals surface area contributed by atoms with Crippen molar-refractivity contribution >= 4 is 27.8 Å². The molecule has 0 bridgehead atoms. The molecule has 1 unspecified atom stereocenters. The minimum Gasteiger partial charge on any atom is -0.493 e. The van der Waals surface area contributed by atoms with Crippen LogP contribution in [0.4, 0.5) is 0 Å². The number of nitrogens with one attached hydrogen (secondary N) is 2. The molecule has 11 nitrogen and oxygen atoms in total. The second-order valence-electron chi connectivity index (χ2n) is 9.37. The molecule has 0 amide bonds. The van der Waals surface area contributed by atoms with Gasteiger partial charge < -0.3 is 29.2 Å². The van der Waals surface area contributed by atoms with Crippen LogP contribution in [0.15, 0.2) is 66.7 Å². The molecule has 0 saturated carbocycles. The summed E-state index contributed by atoms with van der Waals surface area (Å²) in [4.78, 5) is 20.6. The number of carbonyl (C=O) groups is 1. The first-order valence-corrected chi connectivity index (χ1v) is 13.6. The van der Waals surface area contributed by atoms with E-state index in [0.717, 1.165) is 21.8 Å². The Bertz CT molecular complexity index is 1380. The molecular weight excluding hydrogens is 530 g/mol. The number of aromatic nitrogens is 1. The quantitative estimate of drug-likeness (QED) is 0.0750. The molecule has 1 aromatic heterocycles. The van der Waals surface area contributed by atoms with E-state index in [4.69, 9.17) is 29.4 Å². The van der Waals surface area contributed by atoms with Crippen molar-refractivity contribution in [2.75, 3.05) is 40.0 Å². The number of para-hydroxylation sites is 3. The molecule has 0 aliphatic rings. The second kappa shape index (κ2) is 15.8. The second-order valence-corrected chi connectivity index (χ2v) is 9.37. The van der Waals surface area contributed by atoms with E-state index in [2.05, 4.69) is 15.1 Å². The maximum absolute atomic E-state index is 12.6. The number of carbonyl (C=O) groups excluding carboxylic acids is 1. The molecule has 220 valence electrons. The van der Waals surface area contributed by atoms with E-state index in [0.29, 0.717) is 56.2 Å². The predicted octanol–water partition coefficient (Wildman–Crippen LogP) is 4.86. The lowest BCUT2D eigenvalue weighted by molar-refractivity contribution is -0.492. The fourth-order valence-corrected chi connectivity index (χ4v) is 4.48. The molecule has 0 fully saturated rings. The lowest BCUT2D eigenvalue weighted by atomic mass is 10.1. The molecule has 0 spiro atoms. The van der Waals surface area contributed by atoms with Crippen LogP contribution >= 0.6 is 0 Å². The number of rotatable bonds is 18. The molecule has 0 saturated heterocycles. The van der Waals surface area contributed by atoms with Gasteiger partial charge in [-0.1, -0.05) is 42.8 Å². The average molecular weight is 568 g/mol. The van der Waals surface area contributed by atoms with Crippen LogP contribution < -0.4 is 19.5 Å². The third kappa shape index (κ3) is 9.07. The number of H-pyrrole nitrogens is 1. The van der Waals surface area contributed by atoms with Crippen LogP contribution in [-0.4, -0.2) is 72.9 Å². The van der Waals surface area contributed by atoms with Gasteiger partial charge in [-0.2, -0.15) is 0 Å². The number of fused-ring (bicyclic) bond motifs is 3. The van der Waals surface area contributed by atoms with Gasteiger partial charge in [0, 0.05) is 35.8 Å². The van der Waals surface area contributed by atoms with Crippen molar-refractivity contribution in [2.24, 2.45) is 0 Å². The zero-order chi connectivity index (χ0) is 28.9. The zero-order valence-corrected chi connectivity index (χ0v) is 23.1. The number of ether oxygens (including phenoxy) is 4. The Morgan fingerprint density at radius 2 is 1.63 bits per heavy atom. The molecule has 0 aliphatic heterocycles. The van der Waals surface area contributed by atoms with E-state index in [-0.39, 0.29) is 31.0 Å². The number of esters is 1. The maximum atomic E-state index is 12.6. The molecule has 1 heterocycles. The van der Waals surface area contributed by atoms with E-state index in [1.54, 1.807) is 7.11 Å². The minimum atomic E-state index is -0.533. The maximum Gasteiger partial charge on any atom is 0.306 e. The van der Waals surface area contributed by atoms with Crippen LogP contribution in [0, 0.1) is 0 Å². The molecule has 4 aromatic rings. The first-order chi connectivity index (χ1) is 20.0. The monoisotopic (exact) mass is 567 g/mol. The number of hydrogen-bond donors (Lipinski definition) is 4. The summed E-state index contributed by atoms with van der Waals surface area (Å²) in [6.45, 7) is 1.61. The van der Waals surface area contributed by atoms with Crippen molar-refractivity contribution < 1.29 is 39.0 Å². The molecule has 1 atom stereocenters. The predicted molar refractivity (Wildman–Crippen MR) is 152 cm³/mol. The van der Waals surface area contributed by atoms with Gasteiger partial charge in [-0.15, -0.1) is 0 Å². The Morgan fingerprint density at radius 1 is 0.878 bits per heavy atom. The molecule has 0 aliphatic carbocycles. The lowest BCUT2D eigenvalue weighted by Crippen LogP contribution is -2.37. The largest absolute Gasteiger partial charge is 0.493 e. The molecular formula is C30H37N3O8. The highest BCUT2D eigenvalue weighted by atomic mass is 17.1. The Morgan fingerprint density at radius 3 is 2.46 bits per heavy atom. The fraction of sp³-hybridized carbons (Fsp3) is 0.367. The fourth-order valence-electron chi connectivity index (χ4n) is 4.48. The highest BCUT2D eigenvalue weighted by Crippen LogP contribution is 2.33. The molecule has 11 heteroatoms. The van der Waals surface area contributed by atoms with Gasteiger partial charge in [0.1, 0.15) is 25.1 Å². The van der Waals surface area contributed by atoms with Crippen molar-refractivity contribution in [1.29, 1.82) is 0 Å². The number of benzene rings is 3. The first-order valence-electron chi connectivity index (χ1n) is 13.6. The van der Waals surface area contributed by atoms with E-state index >= 15 is 0 Å². The highest BCUT2D eigenvalue weighted by molar-refractivity contribution is 6.10. The van der Waals surface area contributed by atoms with Crippen LogP contribution in [0.5, 0.6) is 17.2 Å². The number of unbranched alkanes of at least 4 members (excludes halogenated alkanes) is 2. The van der Waals surface area contributed by atoms with E-state index in [1.807, 2.05) is 66.7 Å². The summed E-state index contributed by atoms with van der Waals surface area (Å²) in [7, 11) is 1.60. The van der Waals surface area contributed by atoms with E-state index in [1.165, 1.54) is 0 Å². The number of methoxy groups -OCH3 is 1. The molecule has 3 aromatic carbocycles. The smallest absolute Gasteiger partial charge is 0.306 e. The van der Waals surface area contributed by atoms with Crippen molar-refractivity contribution in [3.05, 3.63) is 66.7 Å². The Balaban J connectivity index is 1.32. The van der Waals surface area contributed by atoms with Crippen LogP contribution in [-0.2, 0) is 14.4 Å². The van der Waals surface area contributed by atoms with Crippen LogP contribution in [0.25, 0.3) is 21.8 Å². The van der Waals surface area contributed by atoms with Crippen molar-refractivity contribution in [3.8, 4) is 17.2 Å². The SMILES string of the molecule is COc1ccccc1OCCNCC(COc1cccc2[nH]c3ccccc3c12)OC(=O)CCCCCON(O)O. The summed E-state index contributed by atoms with van der Waals surface area (Å²) in [6, 6.07) is 21.3. The topological polar surface area (TPSA) is 135 Å². The number of hydrogen-bond acceptors (Lipinski definition) is 10. The highest BCUT2D eigenvalue weighted by Gasteiger charge is 2.17. The van der Waals surface area contributed by atoms with Gasteiger partial charge in [0.2, 0.25) is 0 Å². The summed E-state index contributed by atoms with van der Waals surface area (Å²) in [5, 5.41) is 22.2. The van der Waals surface area contributed by atoms with Gasteiger partial charge >= 0.3 is 5.97 Å². The van der Waals surface area contributed by atoms with Crippen molar-refractivity contribution in [1.82, 2.24) is 15.7 Å². The minimum absolute atomic E-state index is 0.138. The normalized spacial score (nSPS) is 12.1. The van der Waals surface area contributed by atoms with Gasteiger partial charge in [0.05, 0.1) is 24.6 Å². The van der Waals surface area contributed by atoms with E-state index in [9.17, 15) is 4.79 Å². The van der Waals surface area contributed by atoms with Crippen LogP contribution in [0.3, 0.4) is 0 Å². The third-order valence-electron chi connectivity index (χ3n) is 6.42. The Labute approximate surface area is 238 Å². The summed E-state index contributed by atoms with van der Waals surface area (Å²) in [5.41, 5.74) is 1.99. The van der Waals surface area contributed by atoms with Gasteiger partial charge in [-0.3, -0.25) is 20.0 Å². The summed E-state index contributed by atoms with van der Waals surface area (Å²) in [6.07, 6.45) is 1.52. The lowest BCUT2D eigenvalue weighted by Gasteiger charge is -2.20. The van der Waals surface area contributed by atoms with Gasteiger partial charge in [-0.25, -0.2) is 0 Å².